The first-order valence-electron chi connectivity index (χ1n) is 6.75. The molecule has 0 aliphatic heterocycles. The Kier molecular flexibility index (Phi) is 6.59. The van der Waals surface area contributed by atoms with Gasteiger partial charge >= 0.3 is 0 Å². The van der Waals surface area contributed by atoms with Crippen LogP contribution in [0.2, 0.25) is 0 Å². The fraction of sp³-hybridized carbons (Fsp3) is 0.412. The number of carbonyl (C=O) groups is 2. The topological polar surface area (TPSA) is 54.9 Å². The molecular formula is C17H22Br2N2O2. The van der Waals surface area contributed by atoms with E-state index in [1.807, 2.05) is 17.8 Å². The van der Waals surface area contributed by atoms with Crippen molar-refractivity contribution in [1.82, 2.24) is 9.55 Å². The zero-order chi connectivity index (χ0) is 15.1. The molecule has 4 nitrogen and oxygen atoms in total. The number of nitrogens with zero attached hydrogens (tertiary/aromatic N) is 1. The highest BCUT2D eigenvalue weighted by molar-refractivity contribution is 9.10. The van der Waals surface area contributed by atoms with Crippen LogP contribution in [-0.4, -0.2) is 21.1 Å². The van der Waals surface area contributed by atoms with Crippen molar-refractivity contribution in [3.63, 3.8) is 0 Å². The van der Waals surface area contributed by atoms with Crippen LogP contribution in [0.15, 0.2) is 21.6 Å². The molecule has 0 aromatic carbocycles. The largest absolute Gasteiger partial charge is 0.355 e. The van der Waals surface area contributed by atoms with Gasteiger partial charge in [-0.3, -0.25) is 9.59 Å². The van der Waals surface area contributed by atoms with E-state index in [0.29, 0.717) is 12.8 Å². The van der Waals surface area contributed by atoms with Crippen LogP contribution in [0.1, 0.15) is 59.5 Å². The third kappa shape index (κ3) is 3.53. The van der Waals surface area contributed by atoms with Crippen molar-refractivity contribution in [2.24, 2.45) is 7.05 Å². The first-order valence-corrected chi connectivity index (χ1v) is 8.33. The second kappa shape index (κ2) is 7.62. The summed E-state index contributed by atoms with van der Waals surface area (Å²) >= 11 is 6.78. The molecule has 0 saturated heterocycles. The Morgan fingerprint density at radius 2 is 1.52 bits per heavy atom. The zero-order valence-electron chi connectivity index (χ0n) is 11.5. The third-order valence-electron chi connectivity index (χ3n) is 3.94. The summed E-state index contributed by atoms with van der Waals surface area (Å²) in [6, 6.07) is 0. The van der Waals surface area contributed by atoms with E-state index in [9.17, 15) is 9.59 Å². The molecule has 0 unspecified atom stereocenters. The summed E-state index contributed by atoms with van der Waals surface area (Å²) in [5.74, 6) is 0.540. The molecule has 2 heterocycles. The molecule has 126 valence electrons. The molecule has 4 rings (SSSR count). The number of carbonyl (C=O) groups excluding carboxylic acids is 2. The number of Topliss-reactive ketones (excluding diaryl/α,β-unsaturated/α-hetero) is 2. The number of fused-ring (bicyclic) bond motifs is 2. The van der Waals surface area contributed by atoms with Crippen molar-refractivity contribution in [3.8, 4) is 0 Å². The maximum atomic E-state index is 11.2. The van der Waals surface area contributed by atoms with Gasteiger partial charge in [0.2, 0.25) is 0 Å². The lowest BCUT2D eigenvalue weighted by Crippen LogP contribution is -1.91. The van der Waals surface area contributed by atoms with Crippen LogP contribution in [-0.2, 0) is 19.9 Å². The van der Waals surface area contributed by atoms with Crippen molar-refractivity contribution in [2.75, 3.05) is 0 Å². The Morgan fingerprint density at radius 1 is 0.957 bits per heavy atom. The number of rotatable bonds is 0. The predicted molar refractivity (Wildman–Crippen MR) is 100 cm³/mol. The third-order valence-corrected chi connectivity index (χ3v) is 5.69. The summed E-state index contributed by atoms with van der Waals surface area (Å²) in [4.78, 5) is 25.2. The Labute approximate surface area is 153 Å². The maximum Gasteiger partial charge on any atom is 0.165 e. The fourth-order valence-corrected chi connectivity index (χ4v) is 3.84. The number of halogens is 2. The summed E-state index contributed by atoms with van der Waals surface area (Å²) in [6.07, 6.45) is 6.82. The van der Waals surface area contributed by atoms with Crippen LogP contribution in [0, 0.1) is 0 Å². The first kappa shape index (κ1) is 19.9. The van der Waals surface area contributed by atoms with Crippen LogP contribution in [0.5, 0.6) is 0 Å². The Hall–Kier alpha value is -1.14. The SMILES string of the molecule is C.C.Cn1cc2c(c1Br)CCC2=O.O=C1CCc2c1c[nH]c2Br. The van der Waals surface area contributed by atoms with Crippen molar-refractivity contribution >= 4 is 43.4 Å². The van der Waals surface area contributed by atoms with Gasteiger partial charge in [-0.1, -0.05) is 14.9 Å². The van der Waals surface area contributed by atoms with E-state index in [0.717, 1.165) is 38.7 Å². The van der Waals surface area contributed by atoms with Gasteiger partial charge in [-0.25, -0.2) is 0 Å². The van der Waals surface area contributed by atoms with Gasteiger partial charge in [0.1, 0.15) is 0 Å². The number of aryl methyl sites for hydroxylation is 1. The van der Waals surface area contributed by atoms with Gasteiger partial charge in [-0.15, -0.1) is 0 Å². The Balaban J connectivity index is 0.000000212. The molecule has 2 aliphatic carbocycles. The second-order valence-electron chi connectivity index (χ2n) is 5.26. The van der Waals surface area contributed by atoms with Crippen LogP contribution in [0.3, 0.4) is 0 Å². The highest BCUT2D eigenvalue weighted by atomic mass is 79.9. The molecule has 1 N–H and O–H groups in total. The van der Waals surface area contributed by atoms with Crippen LogP contribution in [0.4, 0.5) is 0 Å². The molecule has 0 radical (unpaired) electrons. The Morgan fingerprint density at radius 3 is 2.09 bits per heavy atom. The summed E-state index contributed by atoms with van der Waals surface area (Å²) < 4.78 is 3.97. The lowest BCUT2D eigenvalue weighted by Gasteiger charge is -1.94. The van der Waals surface area contributed by atoms with E-state index in [2.05, 4.69) is 36.8 Å². The number of nitrogens with one attached hydrogen (secondary N) is 1. The summed E-state index contributed by atoms with van der Waals surface area (Å²) in [6.45, 7) is 0. The average molecular weight is 446 g/mol. The molecule has 0 atom stereocenters. The summed E-state index contributed by atoms with van der Waals surface area (Å²) in [5, 5.41) is 0. The van der Waals surface area contributed by atoms with E-state index < -0.39 is 0 Å². The van der Waals surface area contributed by atoms with E-state index in [-0.39, 0.29) is 26.4 Å². The van der Waals surface area contributed by atoms with E-state index in [1.165, 1.54) is 5.56 Å². The minimum atomic E-state index is 0. The summed E-state index contributed by atoms with van der Waals surface area (Å²) in [7, 11) is 1.94. The number of hydrogen-bond acceptors (Lipinski definition) is 2. The molecule has 2 aromatic rings. The van der Waals surface area contributed by atoms with E-state index >= 15 is 0 Å². The van der Waals surface area contributed by atoms with Crippen molar-refractivity contribution < 1.29 is 9.59 Å². The molecule has 0 fully saturated rings. The zero-order valence-corrected chi connectivity index (χ0v) is 14.7. The minimum absolute atomic E-state index is 0. The first-order chi connectivity index (χ1) is 9.99. The van der Waals surface area contributed by atoms with Crippen molar-refractivity contribution in [3.05, 3.63) is 43.9 Å². The van der Waals surface area contributed by atoms with Gasteiger partial charge in [0.05, 0.1) is 9.21 Å². The molecule has 6 heteroatoms. The van der Waals surface area contributed by atoms with Gasteiger partial charge in [0.25, 0.3) is 0 Å². The molecule has 0 spiro atoms. The number of aromatic amines is 1. The van der Waals surface area contributed by atoms with E-state index in [4.69, 9.17) is 0 Å². The monoisotopic (exact) mass is 444 g/mol. The summed E-state index contributed by atoms with van der Waals surface area (Å²) in [5.41, 5.74) is 4.09. The number of H-pyrrole nitrogens is 1. The average Bonchev–Trinajstić information content (AvgIpc) is 3.16. The lowest BCUT2D eigenvalue weighted by molar-refractivity contribution is 0.0986. The van der Waals surface area contributed by atoms with E-state index in [1.54, 1.807) is 6.20 Å². The van der Waals surface area contributed by atoms with Crippen LogP contribution in [0.25, 0.3) is 0 Å². The molecule has 2 aromatic heterocycles. The second-order valence-corrected chi connectivity index (χ2v) is 6.81. The minimum Gasteiger partial charge on any atom is -0.355 e. The van der Waals surface area contributed by atoms with Crippen LogP contribution >= 0.6 is 31.9 Å². The number of aromatic nitrogens is 2. The highest BCUT2D eigenvalue weighted by Gasteiger charge is 2.24. The quantitative estimate of drug-likeness (QED) is 0.613. The standard InChI is InChI=1S/C8H8BrNO.C7H6BrNO.2CH4/c1-10-4-6-5(8(10)9)2-3-7(6)11;8-7-4-1-2-6(10)5(4)3-9-7;;/h4H,2-3H2,1H3;3,9H,1-2H2;2*1H4. The molecule has 2 aliphatic rings. The van der Waals surface area contributed by atoms with Crippen molar-refractivity contribution in [2.45, 2.75) is 40.5 Å². The predicted octanol–water partition coefficient (Wildman–Crippen LogP) is 5.09. The number of ketones is 2. The highest BCUT2D eigenvalue weighted by Crippen LogP contribution is 2.30. The van der Waals surface area contributed by atoms with Gasteiger partial charge in [0, 0.05) is 43.4 Å². The normalized spacial score (nSPS) is 14.4. The number of hydrogen-bond donors (Lipinski definition) is 1. The molecule has 0 saturated carbocycles. The lowest BCUT2D eigenvalue weighted by atomic mass is 10.2. The smallest absolute Gasteiger partial charge is 0.165 e. The van der Waals surface area contributed by atoms with Crippen molar-refractivity contribution in [1.29, 1.82) is 0 Å². The molecular weight excluding hydrogens is 424 g/mol. The van der Waals surface area contributed by atoms with Gasteiger partial charge < -0.3 is 9.55 Å². The molecule has 0 amide bonds. The Bertz CT molecular complexity index is 744. The van der Waals surface area contributed by atoms with Gasteiger partial charge in [0.15, 0.2) is 11.6 Å². The molecule has 23 heavy (non-hydrogen) atoms. The maximum absolute atomic E-state index is 11.2. The van der Waals surface area contributed by atoms with Crippen LogP contribution < -0.4 is 0 Å². The van der Waals surface area contributed by atoms with Gasteiger partial charge in [-0.2, -0.15) is 0 Å². The van der Waals surface area contributed by atoms with Gasteiger partial charge in [-0.05, 0) is 55.8 Å². The fourth-order valence-electron chi connectivity index (χ4n) is 2.80. The molecule has 0 bridgehead atoms.